The standard InChI is InChI=1S/C11H13ClN2O/c12-9-4-3-8(11(13)15)7-10(9)14-5-1-2-6-14/h3-4,7H,1-2,5-6H2,(H2,13,15). The summed E-state index contributed by atoms with van der Waals surface area (Å²) in [5, 5.41) is 0.682. The van der Waals surface area contributed by atoms with Crippen molar-refractivity contribution in [3.05, 3.63) is 28.8 Å². The number of nitrogens with zero attached hydrogens (tertiary/aromatic N) is 1. The zero-order valence-electron chi connectivity index (χ0n) is 8.37. The molecule has 0 saturated carbocycles. The number of halogens is 1. The molecule has 4 heteroatoms. The number of rotatable bonds is 2. The molecular formula is C11H13ClN2O. The second kappa shape index (κ2) is 4.11. The number of nitrogens with two attached hydrogens (primary N) is 1. The summed E-state index contributed by atoms with van der Waals surface area (Å²) in [6.45, 7) is 2.00. The lowest BCUT2D eigenvalue weighted by Crippen LogP contribution is -2.19. The molecule has 2 rings (SSSR count). The quantitative estimate of drug-likeness (QED) is 0.836. The van der Waals surface area contributed by atoms with E-state index in [1.165, 1.54) is 12.8 Å². The van der Waals surface area contributed by atoms with E-state index in [0.717, 1.165) is 18.8 Å². The number of anilines is 1. The fourth-order valence-corrected chi connectivity index (χ4v) is 2.10. The van der Waals surface area contributed by atoms with Crippen molar-refractivity contribution in [2.24, 2.45) is 5.73 Å². The molecule has 0 bridgehead atoms. The first-order valence-electron chi connectivity index (χ1n) is 5.03. The Hall–Kier alpha value is -1.22. The molecule has 1 saturated heterocycles. The highest BCUT2D eigenvalue weighted by atomic mass is 35.5. The number of primary amides is 1. The molecule has 1 amide bonds. The van der Waals surface area contributed by atoms with Gasteiger partial charge in [0.15, 0.2) is 0 Å². The van der Waals surface area contributed by atoms with Crippen LogP contribution in [0, 0.1) is 0 Å². The predicted molar refractivity (Wildman–Crippen MR) is 61.4 cm³/mol. The van der Waals surface area contributed by atoms with E-state index in [2.05, 4.69) is 4.90 Å². The second-order valence-corrected chi connectivity index (χ2v) is 4.13. The van der Waals surface area contributed by atoms with E-state index in [1.54, 1.807) is 18.2 Å². The average Bonchev–Trinajstić information content (AvgIpc) is 2.71. The van der Waals surface area contributed by atoms with Crippen molar-refractivity contribution in [2.75, 3.05) is 18.0 Å². The third-order valence-corrected chi connectivity index (χ3v) is 3.00. The van der Waals surface area contributed by atoms with Crippen molar-refractivity contribution in [3.63, 3.8) is 0 Å². The molecule has 1 heterocycles. The number of carbonyl (C=O) groups is 1. The first-order valence-corrected chi connectivity index (χ1v) is 5.40. The largest absolute Gasteiger partial charge is 0.370 e. The third kappa shape index (κ3) is 2.07. The van der Waals surface area contributed by atoms with Crippen LogP contribution in [0.5, 0.6) is 0 Å². The highest BCUT2D eigenvalue weighted by molar-refractivity contribution is 6.33. The number of carbonyl (C=O) groups excluding carboxylic acids is 1. The van der Waals surface area contributed by atoms with Gasteiger partial charge in [-0.25, -0.2) is 0 Å². The molecule has 1 aromatic carbocycles. The molecule has 0 aliphatic carbocycles. The van der Waals surface area contributed by atoms with E-state index in [-0.39, 0.29) is 0 Å². The average molecular weight is 225 g/mol. The van der Waals surface area contributed by atoms with Crippen LogP contribution in [0.1, 0.15) is 23.2 Å². The van der Waals surface area contributed by atoms with Crippen LogP contribution in [0.4, 0.5) is 5.69 Å². The van der Waals surface area contributed by atoms with E-state index in [0.29, 0.717) is 10.6 Å². The fraction of sp³-hybridized carbons (Fsp3) is 0.364. The molecule has 1 aliphatic heterocycles. The third-order valence-electron chi connectivity index (χ3n) is 2.68. The predicted octanol–water partition coefficient (Wildman–Crippen LogP) is 2.04. The molecule has 3 nitrogen and oxygen atoms in total. The van der Waals surface area contributed by atoms with E-state index in [1.807, 2.05) is 0 Å². The lowest BCUT2D eigenvalue weighted by Gasteiger charge is -2.19. The van der Waals surface area contributed by atoms with Gasteiger partial charge >= 0.3 is 0 Å². The molecule has 0 spiro atoms. The van der Waals surface area contributed by atoms with Gasteiger partial charge in [0.05, 0.1) is 10.7 Å². The molecule has 0 radical (unpaired) electrons. The molecule has 1 aliphatic rings. The molecule has 0 atom stereocenters. The van der Waals surface area contributed by atoms with Crippen LogP contribution in [-0.4, -0.2) is 19.0 Å². The minimum atomic E-state index is -0.410. The zero-order chi connectivity index (χ0) is 10.8. The van der Waals surface area contributed by atoms with Crippen molar-refractivity contribution in [2.45, 2.75) is 12.8 Å². The van der Waals surface area contributed by atoms with E-state index < -0.39 is 5.91 Å². The number of hydrogen-bond donors (Lipinski definition) is 1. The Morgan fingerprint density at radius 2 is 2.00 bits per heavy atom. The highest BCUT2D eigenvalue weighted by Gasteiger charge is 2.16. The Labute approximate surface area is 93.8 Å². The van der Waals surface area contributed by atoms with E-state index in [4.69, 9.17) is 17.3 Å². The summed E-state index contributed by atoms with van der Waals surface area (Å²) < 4.78 is 0. The number of amides is 1. The lowest BCUT2D eigenvalue weighted by atomic mass is 10.2. The maximum absolute atomic E-state index is 11.0. The Bertz CT molecular complexity index is 386. The summed E-state index contributed by atoms with van der Waals surface area (Å²) in [5.41, 5.74) is 6.67. The molecule has 0 aromatic heterocycles. The Balaban J connectivity index is 2.35. The minimum absolute atomic E-state index is 0.410. The Morgan fingerprint density at radius 1 is 1.33 bits per heavy atom. The van der Waals surface area contributed by atoms with Crippen LogP contribution in [-0.2, 0) is 0 Å². The summed E-state index contributed by atoms with van der Waals surface area (Å²) in [5.74, 6) is -0.410. The van der Waals surface area contributed by atoms with E-state index >= 15 is 0 Å². The number of benzene rings is 1. The van der Waals surface area contributed by atoms with Crippen LogP contribution in [0.25, 0.3) is 0 Å². The minimum Gasteiger partial charge on any atom is -0.370 e. The first-order chi connectivity index (χ1) is 7.18. The summed E-state index contributed by atoms with van der Waals surface area (Å²) >= 11 is 6.09. The lowest BCUT2D eigenvalue weighted by molar-refractivity contribution is 0.100. The number of hydrogen-bond acceptors (Lipinski definition) is 2. The molecule has 80 valence electrons. The molecule has 1 fully saturated rings. The van der Waals surface area contributed by atoms with Crippen molar-refractivity contribution >= 4 is 23.2 Å². The van der Waals surface area contributed by atoms with Gasteiger partial charge in [-0.15, -0.1) is 0 Å². The van der Waals surface area contributed by atoms with Gasteiger partial charge < -0.3 is 10.6 Å². The fourth-order valence-electron chi connectivity index (χ4n) is 1.87. The molecular weight excluding hydrogens is 212 g/mol. The van der Waals surface area contributed by atoms with Gasteiger partial charge in [0.2, 0.25) is 5.91 Å². The van der Waals surface area contributed by atoms with Gasteiger partial charge in [-0.2, -0.15) is 0 Å². The van der Waals surface area contributed by atoms with Crippen molar-refractivity contribution < 1.29 is 4.79 Å². The summed E-state index contributed by atoms with van der Waals surface area (Å²) in [6, 6.07) is 5.16. The van der Waals surface area contributed by atoms with Gasteiger partial charge in [0.1, 0.15) is 0 Å². The van der Waals surface area contributed by atoms with Crippen LogP contribution in [0.2, 0.25) is 5.02 Å². The van der Waals surface area contributed by atoms with Gasteiger partial charge in [-0.05, 0) is 31.0 Å². The molecule has 15 heavy (non-hydrogen) atoms. The highest BCUT2D eigenvalue weighted by Crippen LogP contribution is 2.29. The monoisotopic (exact) mass is 224 g/mol. The second-order valence-electron chi connectivity index (χ2n) is 3.72. The Morgan fingerprint density at radius 3 is 2.60 bits per heavy atom. The van der Waals surface area contributed by atoms with Crippen LogP contribution < -0.4 is 10.6 Å². The van der Waals surface area contributed by atoms with Gasteiger partial charge in [0, 0.05) is 18.7 Å². The van der Waals surface area contributed by atoms with Gasteiger partial charge in [-0.3, -0.25) is 4.79 Å². The van der Waals surface area contributed by atoms with Crippen LogP contribution in [0.15, 0.2) is 18.2 Å². The summed E-state index contributed by atoms with van der Waals surface area (Å²) in [6.07, 6.45) is 2.36. The van der Waals surface area contributed by atoms with Crippen molar-refractivity contribution in [3.8, 4) is 0 Å². The first kappa shape index (κ1) is 10.3. The van der Waals surface area contributed by atoms with Crippen molar-refractivity contribution in [1.29, 1.82) is 0 Å². The van der Waals surface area contributed by atoms with Gasteiger partial charge in [0.25, 0.3) is 0 Å². The molecule has 1 aromatic rings. The SMILES string of the molecule is NC(=O)c1ccc(Cl)c(N2CCCC2)c1. The summed E-state index contributed by atoms with van der Waals surface area (Å²) in [4.78, 5) is 13.2. The normalized spacial score (nSPS) is 15.7. The maximum Gasteiger partial charge on any atom is 0.248 e. The molecule has 0 unspecified atom stereocenters. The van der Waals surface area contributed by atoms with Crippen molar-refractivity contribution in [1.82, 2.24) is 0 Å². The summed E-state index contributed by atoms with van der Waals surface area (Å²) in [7, 11) is 0. The van der Waals surface area contributed by atoms with Crippen LogP contribution in [0.3, 0.4) is 0 Å². The Kier molecular flexibility index (Phi) is 2.82. The zero-order valence-corrected chi connectivity index (χ0v) is 9.13. The van der Waals surface area contributed by atoms with Gasteiger partial charge in [-0.1, -0.05) is 11.6 Å². The molecule has 2 N–H and O–H groups in total. The topological polar surface area (TPSA) is 46.3 Å². The maximum atomic E-state index is 11.0. The van der Waals surface area contributed by atoms with Crippen LogP contribution >= 0.6 is 11.6 Å². The van der Waals surface area contributed by atoms with E-state index in [9.17, 15) is 4.79 Å². The smallest absolute Gasteiger partial charge is 0.248 e.